The predicted octanol–water partition coefficient (Wildman–Crippen LogP) is 6.97. The molecule has 50 heavy (non-hydrogen) atoms. The topological polar surface area (TPSA) is 139 Å². The summed E-state index contributed by atoms with van der Waals surface area (Å²) in [5.74, 6) is 0.397. The zero-order valence-corrected chi connectivity index (χ0v) is 30.6. The molecule has 2 fully saturated rings. The number of esters is 1. The van der Waals surface area contributed by atoms with Crippen molar-refractivity contribution >= 4 is 39.9 Å². The number of thiazole rings is 1. The van der Waals surface area contributed by atoms with Crippen molar-refractivity contribution in [1.29, 1.82) is 0 Å². The summed E-state index contributed by atoms with van der Waals surface area (Å²) in [4.78, 5) is 59.7. The Hall–Kier alpha value is -4.09. The van der Waals surface area contributed by atoms with E-state index in [0.29, 0.717) is 24.1 Å². The van der Waals surface area contributed by atoms with Crippen LogP contribution in [-0.4, -0.2) is 70.0 Å². The van der Waals surface area contributed by atoms with E-state index in [2.05, 4.69) is 37.0 Å². The van der Waals surface area contributed by atoms with Gasteiger partial charge in [-0.25, -0.2) is 4.98 Å². The molecule has 2 N–H and O–H groups in total. The summed E-state index contributed by atoms with van der Waals surface area (Å²) in [7, 11) is 1.61. The zero-order chi connectivity index (χ0) is 36.4. The molecule has 0 spiro atoms. The summed E-state index contributed by atoms with van der Waals surface area (Å²) in [6, 6.07) is 6.35. The number of ether oxygens (including phenoxy) is 2. The second-order valence-corrected chi connectivity index (χ2v) is 14.3. The van der Waals surface area contributed by atoms with Gasteiger partial charge in [-0.2, -0.15) is 0 Å². The quantitative estimate of drug-likeness (QED) is 0.0926. The van der Waals surface area contributed by atoms with Crippen molar-refractivity contribution in [3.8, 4) is 16.5 Å². The summed E-state index contributed by atoms with van der Waals surface area (Å²) in [5.41, 5.74) is 1.70. The minimum Gasteiger partial charge on any atom is -0.497 e. The smallest absolute Gasteiger partial charge is 0.313 e. The van der Waals surface area contributed by atoms with Gasteiger partial charge in [-0.05, 0) is 56.6 Å². The maximum atomic E-state index is 13.0. The number of hydrogen-bond donors (Lipinski definition) is 2. The number of Topliss-reactive ketones (excluding diaryl/α,β-unsaturated/α-hetero) is 1. The molecule has 0 radical (unpaired) electrons. The van der Waals surface area contributed by atoms with E-state index < -0.39 is 17.6 Å². The maximum Gasteiger partial charge on any atom is 0.313 e. The lowest BCUT2D eigenvalue weighted by Gasteiger charge is -2.25. The first-order chi connectivity index (χ1) is 24.0. The summed E-state index contributed by atoms with van der Waals surface area (Å²) >= 11 is 1.55. The standard InChI is InChI=1S/C23H35NO5.C16H16N2O2S/c1-4-7-8-9-10-11-12-21(27)24-16-18(25)13-19(24)20(26)15-23(14-17(23)5-2)22(28)29-6-3;1-9(2)14-8-21-16(18-14)13-7-15(19)11-5-4-10(20-3)6-12(11)17-13/h4-5,17-19,25H,1-2,6-16H2,3H3;4-9H,1-3H3,(H,17,19)/t17-,18+,19+,23-;/m1./s1. The number of benzene rings is 1. The van der Waals surface area contributed by atoms with E-state index >= 15 is 0 Å². The molecule has 3 heterocycles. The highest BCUT2D eigenvalue weighted by molar-refractivity contribution is 7.13. The minimum atomic E-state index is -0.845. The van der Waals surface area contributed by atoms with Crippen LogP contribution in [0.25, 0.3) is 21.6 Å². The average Bonchev–Trinajstić information content (AvgIpc) is 3.39. The number of aromatic nitrogens is 2. The molecule has 3 aromatic rings. The highest BCUT2D eigenvalue weighted by Gasteiger charge is 2.61. The summed E-state index contributed by atoms with van der Waals surface area (Å²) < 4.78 is 10.4. The number of aliphatic hydroxyl groups excluding tert-OH is 1. The molecule has 2 aromatic heterocycles. The molecule has 0 bridgehead atoms. The van der Waals surface area contributed by atoms with Crippen LogP contribution in [0.15, 0.2) is 59.7 Å². The van der Waals surface area contributed by atoms with Crippen molar-refractivity contribution < 1.29 is 29.0 Å². The number of carbonyl (C=O) groups excluding carboxylic acids is 3. The molecule has 0 unspecified atom stereocenters. The number of nitrogens with zero attached hydrogens (tertiary/aromatic N) is 2. The number of β-amino-alcohol motifs (C(OH)–C–C–N with tert-alkyl or cyclic N) is 1. The number of carbonyl (C=O) groups is 3. The lowest BCUT2D eigenvalue weighted by Crippen LogP contribution is -2.42. The van der Waals surface area contributed by atoms with Crippen molar-refractivity contribution in [2.24, 2.45) is 11.3 Å². The number of amides is 1. The van der Waals surface area contributed by atoms with Gasteiger partial charge >= 0.3 is 5.97 Å². The molecule has 1 saturated carbocycles. The Bertz CT molecular complexity index is 1730. The number of methoxy groups -OCH3 is 1. The fourth-order valence-corrected chi connectivity index (χ4v) is 7.41. The van der Waals surface area contributed by atoms with E-state index in [0.717, 1.165) is 59.8 Å². The van der Waals surface area contributed by atoms with E-state index in [1.807, 2.05) is 17.5 Å². The van der Waals surface area contributed by atoms with Crippen LogP contribution >= 0.6 is 11.3 Å². The molecule has 10 nitrogen and oxygen atoms in total. The van der Waals surface area contributed by atoms with E-state index in [-0.39, 0.29) is 55.0 Å². The molecule has 1 saturated heterocycles. The van der Waals surface area contributed by atoms with Gasteiger partial charge in [0.25, 0.3) is 0 Å². The number of allylic oxidation sites excluding steroid dienone is 2. The third-order valence-corrected chi connectivity index (χ3v) is 10.4. The van der Waals surface area contributed by atoms with Crippen LogP contribution in [-0.2, 0) is 19.1 Å². The normalized spacial score (nSPS) is 21.0. The van der Waals surface area contributed by atoms with Crippen LogP contribution in [0.4, 0.5) is 0 Å². The SMILES string of the molecule is C=CCCCCCCC(=O)N1C[C@@H](O)C[C@H]1C(=O)C[C@]1(C(=O)OCC)C[C@H]1C=C.COc1ccc2c(=O)cc(-c3nc(C(C)C)cs3)[nH]c2c1. The van der Waals surface area contributed by atoms with Gasteiger partial charge in [0.1, 0.15) is 10.8 Å². The van der Waals surface area contributed by atoms with Gasteiger partial charge in [-0.1, -0.05) is 38.8 Å². The zero-order valence-electron chi connectivity index (χ0n) is 29.7. The number of unbranched alkanes of at least 4 members (excludes halogenated alkanes) is 4. The molecule has 11 heteroatoms. The maximum absolute atomic E-state index is 13.0. The van der Waals surface area contributed by atoms with Crippen LogP contribution in [0.3, 0.4) is 0 Å². The van der Waals surface area contributed by atoms with E-state index in [1.54, 1.807) is 49.6 Å². The number of aromatic amines is 1. The lowest BCUT2D eigenvalue weighted by molar-refractivity contribution is -0.152. The number of fused-ring (bicyclic) bond motifs is 1. The molecule has 1 aliphatic carbocycles. The minimum absolute atomic E-state index is 0.0114. The second kappa shape index (κ2) is 17.7. The Morgan fingerprint density at radius 2 is 1.94 bits per heavy atom. The number of hydrogen-bond acceptors (Lipinski definition) is 9. The van der Waals surface area contributed by atoms with Gasteiger partial charge < -0.3 is 24.5 Å². The van der Waals surface area contributed by atoms with Crippen LogP contribution < -0.4 is 10.2 Å². The van der Waals surface area contributed by atoms with Crippen LogP contribution in [0.1, 0.15) is 90.2 Å². The number of nitrogens with one attached hydrogen (secondary N) is 1. The molecular weight excluding hydrogens is 655 g/mol. The van der Waals surface area contributed by atoms with Gasteiger partial charge in [0.15, 0.2) is 11.2 Å². The van der Waals surface area contributed by atoms with Gasteiger partial charge in [-0.15, -0.1) is 24.5 Å². The molecule has 1 aliphatic heterocycles. The largest absolute Gasteiger partial charge is 0.497 e. The van der Waals surface area contributed by atoms with Crippen LogP contribution in [0.5, 0.6) is 5.75 Å². The molecule has 5 rings (SSSR count). The summed E-state index contributed by atoms with van der Waals surface area (Å²) in [6.07, 6.45) is 8.93. The summed E-state index contributed by atoms with van der Waals surface area (Å²) in [6.45, 7) is 13.8. The van der Waals surface area contributed by atoms with E-state index in [4.69, 9.17) is 9.47 Å². The third kappa shape index (κ3) is 9.37. The van der Waals surface area contributed by atoms with E-state index in [1.165, 1.54) is 4.90 Å². The number of likely N-dealkylation sites (tertiary alicyclic amines) is 1. The van der Waals surface area contributed by atoms with Crippen molar-refractivity contribution in [3.05, 3.63) is 70.9 Å². The van der Waals surface area contributed by atoms with Crippen molar-refractivity contribution in [1.82, 2.24) is 14.9 Å². The van der Waals surface area contributed by atoms with Crippen molar-refractivity contribution in [2.45, 2.75) is 96.6 Å². The first-order valence-electron chi connectivity index (χ1n) is 17.6. The lowest BCUT2D eigenvalue weighted by atomic mass is 9.92. The van der Waals surface area contributed by atoms with Gasteiger partial charge in [0.2, 0.25) is 5.91 Å². The number of H-pyrrole nitrogens is 1. The molecule has 270 valence electrons. The number of rotatable bonds is 16. The van der Waals surface area contributed by atoms with Crippen LogP contribution in [0, 0.1) is 11.3 Å². The Balaban J connectivity index is 0.000000235. The fraction of sp³-hybridized carbons (Fsp3) is 0.513. The molecule has 1 amide bonds. The third-order valence-electron chi connectivity index (χ3n) is 9.49. The first kappa shape index (κ1) is 38.7. The average molecular weight is 706 g/mol. The predicted molar refractivity (Wildman–Crippen MR) is 197 cm³/mol. The fourth-order valence-electron chi connectivity index (χ4n) is 6.46. The van der Waals surface area contributed by atoms with Crippen molar-refractivity contribution in [2.75, 3.05) is 20.3 Å². The molecular formula is C39H51N3O7S. The van der Waals surface area contributed by atoms with E-state index in [9.17, 15) is 24.3 Å². The Morgan fingerprint density at radius 1 is 1.18 bits per heavy atom. The summed E-state index contributed by atoms with van der Waals surface area (Å²) in [5, 5.41) is 13.6. The highest BCUT2D eigenvalue weighted by Crippen LogP contribution is 2.57. The molecule has 1 aromatic carbocycles. The number of aliphatic hydroxyl groups is 1. The van der Waals surface area contributed by atoms with Crippen LogP contribution in [0.2, 0.25) is 0 Å². The Morgan fingerprint density at radius 3 is 2.58 bits per heavy atom. The number of pyridine rings is 1. The second-order valence-electron chi connectivity index (χ2n) is 13.5. The number of ketones is 1. The van der Waals surface area contributed by atoms with Gasteiger partial charge in [-0.3, -0.25) is 19.2 Å². The molecule has 4 atom stereocenters. The van der Waals surface area contributed by atoms with Gasteiger partial charge in [0.05, 0.1) is 48.2 Å². The Labute approximate surface area is 298 Å². The molecule has 2 aliphatic rings. The van der Waals surface area contributed by atoms with Gasteiger partial charge in [0, 0.05) is 48.7 Å². The monoisotopic (exact) mass is 705 g/mol. The van der Waals surface area contributed by atoms with Crippen molar-refractivity contribution in [3.63, 3.8) is 0 Å². The highest BCUT2D eigenvalue weighted by atomic mass is 32.1. The first-order valence-corrected chi connectivity index (χ1v) is 18.4. The Kier molecular flexibility index (Phi) is 13.7.